The third kappa shape index (κ3) is 3.98. The van der Waals surface area contributed by atoms with Gasteiger partial charge in [-0.1, -0.05) is 42.5 Å². The van der Waals surface area contributed by atoms with Gasteiger partial charge in [0.05, 0.1) is 11.5 Å². The Morgan fingerprint density at radius 1 is 1.29 bits per heavy atom. The molecule has 0 amide bonds. The van der Waals surface area contributed by atoms with Crippen LogP contribution in [0.5, 0.6) is 0 Å². The molecule has 1 aliphatic heterocycles. The van der Waals surface area contributed by atoms with Gasteiger partial charge in [0.2, 0.25) is 0 Å². The monoisotopic (exact) mass is 251 g/mol. The predicted molar refractivity (Wildman–Crippen MR) is 70.5 cm³/mol. The van der Waals surface area contributed by atoms with Gasteiger partial charge < -0.3 is 5.32 Å². The molecule has 1 aliphatic rings. The molecular formula is C13H17NO2S. The molecule has 1 saturated heterocycles. The van der Waals surface area contributed by atoms with Crippen LogP contribution < -0.4 is 5.32 Å². The number of benzene rings is 1. The van der Waals surface area contributed by atoms with Crippen molar-refractivity contribution in [3.63, 3.8) is 0 Å². The molecule has 4 heteroatoms. The van der Waals surface area contributed by atoms with E-state index in [0.29, 0.717) is 5.75 Å². The van der Waals surface area contributed by atoms with E-state index in [-0.39, 0.29) is 11.8 Å². The average molecular weight is 251 g/mol. The molecule has 0 aromatic heterocycles. The van der Waals surface area contributed by atoms with Gasteiger partial charge in [0.25, 0.3) is 0 Å². The summed E-state index contributed by atoms with van der Waals surface area (Å²) in [4.78, 5) is 0. The normalized spacial score (nSPS) is 23.2. The summed E-state index contributed by atoms with van der Waals surface area (Å²) in [5, 5.41) is 3.24. The molecule has 1 fully saturated rings. The first-order valence-corrected chi connectivity index (χ1v) is 7.63. The highest BCUT2D eigenvalue weighted by atomic mass is 32.2. The Hall–Kier alpha value is -1.13. The molecule has 0 spiro atoms. The molecule has 1 atom stereocenters. The topological polar surface area (TPSA) is 46.2 Å². The summed E-state index contributed by atoms with van der Waals surface area (Å²) in [5.74, 6) is 0.610. The third-order valence-corrected chi connectivity index (χ3v) is 4.63. The zero-order chi connectivity index (χ0) is 12.1. The lowest BCUT2D eigenvalue weighted by Crippen LogP contribution is -2.29. The van der Waals surface area contributed by atoms with Gasteiger partial charge in [-0.25, -0.2) is 8.42 Å². The summed E-state index contributed by atoms with van der Waals surface area (Å²) < 4.78 is 22.5. The zero-order valence-corrected chi connectivity index (χ0v) is 10.5. The lowest BCUT2D eigenvalue weighted by molar-refractivity contribution is 0.585. The van der Waals surface area contributed by atoms with E-state index in [1.54, 1.807) is 0 Å². The average Bonchev–Trinajstić information content (AvgIpc) is 2.66. The molecule has 17 heavy (non-hydrogen) atoms. The van der Waals surface area contributed by atoms with E-state index >= 15 is 0 Å². The largest absolute Gasteiger partial charge is 0.309 e. The van der Waals surface area contributed by atoms with Gasteiger partial charge in [-0.05, 0) is 12.0 Å². The van der Waals surface area contributed by atoms with Gasteiger partial charge in [0.15, 0.2) is 9.84 Å². The molecule has 92 valence electrons. The van der Waals surface area contributed by atoms with E-state index < -0.39 is 9.84 Å². The predicted octanol–water partition coefficient (Wildman–Crippen LogP) is 1.48. The Balaban J connectivity index is 1.75. The fraction of sp³-hybridized carbons (Fsp3) is 0.385. The Labute approximate surface area is 102 Å². The van der Waals surface area contributed by atoms with E-state index in [1.807, 2.05) is 42.5 Å². The van der Waals surface area contributed by atoms with Crippen molar-refractivity contribution in [2.75, 3.05) is 18.1 Å². The quantitative estimate of drug-likeness (QED) is 0.881. The third-order valence-electron chi connectivity index (χ3n) is 2.87. The second kappa shape index (κ2) is 5.47. The van der Waals surface area contributed by atoms with Gasteiger partial charge in [0, 0.05) is 12.6 Å². The first kappa shape index (κ1) is 12.3. The minimum absolute atomic E-state index is 0.125. The van der Waals surface area contributed by atoms with E-state index in [4.69, 9.17) is 0 Å². The van der Waals surface area contributed by atoms with Crippen molar-refractivity contribution in [1.82, 2.24) is 5.32 Å². The first-order valence-electron chi connectivity index (χ1n) is 5.81. The van der Waals surface area contributed by atoms with E-state index in [0.717, 1.165) is 18.5 Å². The fourth-order valence-electron chi connectivity index (χ4n) is 1.95. The summed E-state index contributed by atoms with van der Waals surface area (Å²) in [6.45, 7) is 0.717. The van der Waals surface area contributed by atoms with Gasteiger partial charge in [-0.3, -0.25) is 0 Å². The molecule has 1 heterocycles. The summed E-state index contributed by atoms with van der Waals surface area (Å²) in [5.41, 5.74) is 1.16. The van der Waals surface area contributed by atoms with Gasteiger partial charge >= 0.3 is 0 Å². The van der Waals surface area contributed by atoms with Crippen LogP contribution in [0.4, 0.5) is 0 Å². The Bertz CT molecular complexity index is 479. The summed E-state index contributed by atoms with van der Waals surface area (Å²) >= 11 is 0. The molecule has 1 aromatic carbocycles. The Morgan fingerprint density at radius 2 is 2.06 bits per heavy atom. The smallest absolute Gasteiger partial charge is 0.151 e. The Kier molecular flexibility index (Phi) is 3.97. The van der Waals surface area contributed by atoms with E-state index in [2.05, 4.69) is 5.32 Å². The van der Waals surface area contributed by atoms with Gasteiger partial charge in [0.1, 0.15) is 0 Å². The standard InChI is InChI=1S/C13H17NO2S/c15-17(16)10-8-13(11-17)14-9-4-7-12-5-2-1-3-6-12/h1-7,13-14H,8-11H2/b7-4+. The van der Waals surface area contributed by atoms with Crippen LogP contribution in [0.15, 0.2) is 36.4 Å². The maximum absolute atomic E-state index is 11.2. The molecule has 1 N–H and O–H groups in total. The Morgan fingerprint density at radius 3 is 2.71 bits per heavy atom. The number of rotatable bonds is 4. The lowest BCUT2D eigenvalue weighted by atomic mass is 10.2. The van der Waals surface area contributed by atoms with Crippen LogP contribution >= 0.6 is 0 Å². The number of sulfone groups is 1. The maximum Gasteiger partial charge on any atom is 0.151 e. The fourth-order valence-corrected chi connectivity index (χ4v) is 3.66. The maximum atomic E-state index is 11.2. The summed E-state index contributed by atoms with van der Waals surface area (Å²) in [6.07, 6.45) is 4.80. The van der Waals surface area contributed by atoms with Crippen molar-refractivity contribution in [3.05, 3.63) is 42.0 Å². The highest BCUT2D eigenvalue weighted by Crippen LogP contribution is 2.10. The summed E-state index contributed by atoms with van der Waals surface area (Å²) in [7, 11) is -2.77. The van der Waals surface area contributed by atoms with Gasteiger partial charge in [-0.2, -0.15) is 0 Å². The van der Waals surface area contributed by atoms with Crippen molar-refractivity contribution in [2.24, 2.45) is 0 Å². The highest BCUT2D eigenvalue weighted by molar-refractivity contribution is 7.91. The van der Waals surface area contributed by atoms with Crippen LogP contribution in [0.3, 0.4) is 0 Å². The van der Waals surface area contributed by atoms with Crippen molar-refractivity contribution in [3.8, 4) is 0 Å². The summed E-state index contributed by atoms with van der Waals surface area (Å²) in [6, 6.07) is 10.2. The molecular weight excluding hydrogens is 234 g/mol. The van der Waals surface area contributed by atoms with Crippen molar-refractivity contribution >= 4 is 15.9 Å². The van der Waals surface area contributed by atoms with Crippen LogP contribution in [-0.2, 0) is 9.84 Å². The highest BCUT2D eigenvalue weighted by Gasteiger charge is 2.26. The molecule has 0 aliphatic carbocycles. The molecule has 0 bridgehead atoms. The first-order chi connectivity index (χ1) is 8.16. The van der Waals surface area contributed by atoms with Crippen molar-refractivity contribution in [1.29, 1.82) is 0 Å². The number of nitrogens with one attached hydrogen (secondary N) is 1. The molecule has 1 aromatic rings. The number of hydrogen-bond donors (Lipinski definition) is 1. The zero-order valence-electron chi connectivity index (χ0n) is 9.67. The number of hydrogen-bond acceptors (Lipinski definition) is 3. The second-order valence-corrected chi connectivity index (χ2v) is 6.55. The molecule has 0 saturated carbocycles. The van der Waals surface area contributed by atoms with Crippen molar-refractivity contribution in [2.45, 2.75) is 12.5 Å². The minimum Gasteiger partial charge on any atom is -0.309 e. The van der Waals surface area contributed by atoms with Crippen LogP contribution in [0.2, 0.25) is 0 Å². The molecule has 0 radical (unpaired) electrons. The van der Waals surface area contributed by atoms with Crippen molar-refractivity contribution < 1.29 is 8.42 Å². The van der Waals surface area contributed by atoms with E-state index in [9.17, 15) is 8.42 Å². The molecule has 1 unspecified atom stereocenters. The van der Waals surface area contributed by atoms with Crippen LogP contribution in [0.1, 0.15) is 12.0 Å². The van der Waals surface area contributed by atoms with Crippen LogP contribution in [-0.4, -0.2) is 32.5 Å². The second-order valence-electron chi connectivity index (χ2n) is 4.32. The molecule has 2 rings (SSSR count). The minimum atomic E-state index is -2.77. The lowest BCUT2D eigenvalue weighted by Gasteiger charge is -2.07. The van der Waals surface area contributed by atoms with Gasteiger partial charge in [-0.15, -0.1) is 0 Å². The SMILES string of the molecule is O=S1(=O)CCC(NC/C=C/c2ccccc2)C1. The van der Waals surface area contributed by atoms with Crippen LogP contribution in [0, 0.1) is 0 Å². The molecule has 3 nitrogen and oxygen atoms in total. The van der Waals surface area contributed by atoms with Crippen LogP contribution in [0.25, 0.3) is 6.08 Å². The van der Waals surface area contributed by atoms with E-state index in [1.165, 1.54) is 0 Å².